The van der Waals surface area contributed by atoms with Crippen LogP contribution in [-0.4, -0.2) is 23.9 Å². The first kappa shape index (κ1) is 19.6. The fraction of sp³-hybridized carbons (Fsp3) is 0.429. The molecule has 0 amide bonds. The van der Waals surface area contributed by atoms with Gasteiger partial charge in [0, 0.05) is 11.3 Å². The van der Waals surface area contributed by atoms with Gasteiger partial charge in [-0.15, -0.1) is 5.10 Å². The fourth-order valence-electron chi connectivity index (χ4n) is 3.39. The lowest BCUT2D eigenvalue weighted by Crippen LogP contribution is -2.21. The summed E-state index contributed by atoms with van der Waals surface area (Å²) < 4.78 is 17.0. The number of hydrogen-bond acceptors (Lipinski definition) is 6. The zero-order chi connectivity index (χ0) is 20.1. The molecule has 1 aliphatic heterocycles. The first-order valence-corrected chi connectivity index (χ1v) is 9.59. The molecule has 1 aromatic carbocycles. The van der Waals surface area contributed by atoms with Gasteiger partial charge in [0.05, 0.1) is 19.6 Å². The minimum Gasteiger partial charge on any atom is -0.493 e. The normalized spacial score (nSPS) is 15.6. The van der Waals surface area contributed by atoms with Crippen molar-refractivity contribution in [2.24, 2.45) is 5.73 Å². The molecule has 0 spiro atoms. The van der Waals surface area contributed by atoms with E-state index in [1.165, 1.54) is 0 Å². The summed E-state index contributed by atoms with van der Waals surface area (Å²) in [6.07, 6.45) is 3.77. The number of nitrogens with one attached hydrogen (secondary N) is 1. The standard InChI is InChI=1S/C21H26N4O3/c1-4-6-10-27-16-9-8-13(11-17(16)26-3)18-14(12-22)20(23)28-21-19(18)15(7-5-2)24-25-21/h8-9,11,18H,4-7,10,23H2,1-3H3,(H,24,25)/t18-/m0/s1. The van der Waals surface area contributed by atoms with Crippen molar-refractivity contribution >= 4 is 0 Å². The van der Waals surface area contributed by atoms with Crippen LogP contribution in [0.3, 0.4) is 0 Å². The SMILES string of the molecule is CCCCOc1ccc([C@H]2C(C#N)=C(N)Oc3n[nH]c(CCC)c32)cc1OC. The quantitative estimate of drug-likeness (QED) is 0.673. The van der Waals surface area contributed by atoms with Gasteiger partial charge in [0.2, 0.25) is 11.8 Å². The lowest BCUT2D eigenvalue weighted by molar-refractivity contribution is 0.288. The molecule has 1 atom stereocenters. The van der Waals surface area contributed by atoms with E-state index in [2.05, 4.69) is 30.1 Å². The molecule has 7 nitrogen and oxygen atoms in total. The molecule has 0 bridgehead atoms. The average Bonchev–Trinajstić information content (AvgIpc) is 3.09. The van der Waals surface area contributed by atoms with E-state index in [1.54, 1.807) is 7.11 Å². The Kier molecular flexibility index (Phi) is 6.09. The highest BCUT2D eigenvalue weighted by atomic mass is 16.5. The number of ether oxygens (including phenoxy) is 3. The van der Waals surface area contributed by atoms with Crippen molar-refractivity contribution in [1.82, 2.24) is 10.2 Å². The van der Waals surface area contributed by atoms with Crippen LogP contribution in [0.15, 0.2) is 29.7 Å². The van der Waals surface area contributed by atoms with Gasteiger partial charge in [0.15, 0.2) is 11.5 Å². The third kappa shape index (κ3) is 3.63. The highest BCUT2D eigenvalue weighted by Gasteiger charge is 2.35. The van der Waals surface area contributed by atoms with Gasteiger partial charge in [-0.25, -0.2) is 0 Å². The summed E-state index contributed by atoms with van der Waals surface area (Å²) in [5, 5.41) is 17.0. The van der Waals surface area contributed by atoms with Crippen LogP contribution in [-0.2, 0) is 6.42 Å². The Labute approximate surface area is 165 Å². The second-order valence-electron chi connectivity index (χ2n) is 6.71. The van der Waals surface area contributed by atoms with Gasteiger partial charge in [-0.3, -0.25) is 5.10 Å². The smallest absolute Gasteiger partial charge is 0.244 e. The fourth-order valence-corrected chi connectivity index (χ4v) is 3.39. The molecule has 0 saturated carbocycles. The van der Waals surface area contributed by atoms with E-state index in [9.17, 15) is 5.26 Å². The Bertz CT molecular complexity index is 911. The minimum atomic E-state index is -0.368. The molecule has 2 aromatic rings. The maximum atomic E-state index is 9.75. The van der Waals surface area contributed by atoms with Crippen molar-refractivity contribution in [2.45, 2.75) is 45.4 Å². The summed E-state index contributed by atoms with van der Waals surface area (Å²) in [4.78, 5) is 0. The number of fused-ring (bicyclic) bond motifs is 1. The maximum Gasteiger partial charge on any atom is 0.244 e. The number of rotatable bonds is 8. The number of allylic oxidation sites excluding steroid dienone is 1. The molecule has 0 unspecified atom stereocenters. The summed E-state index contributed by atoms with van der Waals surface area (Å²) in [6.45, 7) is 4.84. The number of nitrogens with two attached hydrogens (primary N) is 1. The monoisotopic (exact) mass is 382 g/mol. The first-order valence-electron chi connectivity index (χ1n) is 9.59. The van der Waals surface area contributed by atoms with Crippen molar-refractivity contribution < 1.29 is 14.2 Å². The molecule has 0 fully saturated rings. The zero-order valence-corrected chi connectivity index (χ0v) is 16.5. The Morgan fingerprint density at radius 3 is 2.79 bits per heavy atom. The Balaban J connectivity index is 2.06. The summed E-state index contributed by atoms with van der Waals surface area (Å²) >= 11 is 0. The molecule has 2 heterocycles. The van der Waals surface area contributed by atoms with Crippen LogP contribution in [0.4, 0.5) is 0 Å². The van der Waals surface area contributed by atoms with Crippen LogP contribution < -0.4 is 19.9 Å². The van der Waals surface area contributed by atoms with Crippen molar-refractivity contribution in [3.8, 4) is 23.4 Å². The van der Waals surface area contributed by atoms with Crippen molar-refractivity contribution in [3.63, 3.8) is 0 Å². The van der Waals surface area contributed by atoms with E-state index in [4.69, 9.17) is 19.9 Å². The molecule has 7 heteroatoms. The van der Waals surface area contributed by atoms with Gasteiger partial charge in [-0.1, -0.05) is 32.8 Å². The summed E-state index contributed by atoms with van der Waals surface area (Å²) in [7, 11) is 1.61. The molecule has 3 rings (SSSR count). The van der Waals surface area contributed by atoms with Gasteiger partial charge in [-0.2, -0.15) is 5.26 Å². The predicted octanol–water partition coefficient (Wildman–Crippen LogP) is 3.77. The number of H-pyrrole nitrogens is 1. The summed E-state index contributed by atoms with van der Waals surface area (Å²) in [6, 6.07) is 7.93. The molecule has 28 heavy (non-hydrogen) atoms. The summed E-state index contributed by atoms with van der Waals surface area (Å²) in [5.74, 6) is 1.44. The molecule has 1 aromatic heterocycles. The second-order valence-corrected chi connectivity index (χ2v) is 6.71. The molecule has 1 aliphatic rings. The van der Waals surface area contributed by atoms with E-state index >= 15 is 0 Å². The van der Waals surface area contributed by atoms with Gasteiger partial charge in [-0.05, 0) is 30.5 Å². The number of unbranched alkanes of at least 4 members (excludes halogenated alkanes) is 1. The molecule has 3 N–H and O–H groups in total. The number of aryl methyl sites for hydroxylation is 1. The van der Waals surface area contributed by atoms with Crippen LogP contribution >= 0.6 is 0 Å². The molecule has 148 valence electrons. The van der Waals surface area contributed by atoms with E-state index in [0.717, 1.165) is 42.5 Å². The number of benzene rings is 1. The maximum absolute atomic E-state index is 9.75. The third-order valence-electron chi connectivity index (χ3n) is 4.79. The van der Waals surface area contributed by atoms with Gasteiger partial charge in [0.1, 0.15) is 11.6 Å². The molecule has 0 saturated heterocycles. The Morgan fingerprint density at radius 1 is 1.29 bits per heavy atom. The zero-order valence-electron chi connectivity index (χ0n) is 16.5. The topological polar surface area (TPSA) is 106 Å². The number of aromatic amines is 1. The van der Waals surface area contributed by atoms with Gasteiger partial charge < -0.3 is 19.9 Å². The molecular weight excluding hydrogens is 356 g/mol. The molecular formula is C21H26N4O3. The van der Waals surface area contributed by atoms with Crippen LogP contribution in [0.1, 0.15) is 55.8 Å². The Morgan fingerprint density at radius 2 is 2.11 bits per heavy atom. The van der Waals surface area contributed by atoms with Gasteiger partial charge in [0.25, 0.3) is 0 Å². The van der Waals surface area contributed by atoms with Gasteiger partial charge >= 0.3 is 0 Å². The number of methoxy groups -OCH3 is 1. The van der Waals surface area contributed by atoms with Crippen LogP contribution in [0.25, 0.3) is 0 Å². The number of hydrogen-bond donors (Lipinski definition) is 2. The van der Waals surface area contributed by atoms with E-state index < -0.39 is 0 Å². The van der Waals surface area contributed by atoms with E-state index in [-0.39, 0.29) is 11.8 Å². The van der Waals surface area contributed by atoms with Crippen molar-refractivity contribution in [1.29, 1.82) is 5.26 Å². The third-order valence-corrected chi connectivity index (χ3v) is 4.79. The number of aromatic nitrogens is 2. The molecule has 0 aliphatic carbocycles. The van der Waals surface area contributed by atoms with E-state index in [1.807, 2.05) is 18.2 Å². The largest absolute Gasteiger partial charge is 0.493 e. The van der Waals surface area contributed by atoms with E-state index in [0.29, 0.717) is 29.6 Å². The highest BCUT2D eigenvalue weighted by molar-refractivity contribution is 5.57. The number of nitriles is 1. The van der Waals surface area contributed by atoms with Crippen LogP contribution in [0.2, 0.25) is 0 Å². The minimum absolute atomic E-state index is 0.0804. The van der Waals surface area contributed by atoms with Crippen molar-refractivity contribution in [2.75, 3.05) is 13.7 Å². The average molecular weight is 382 g/mol. The summed E-state index contributed by atoms with van der Waals surface area (Å²) in [5.41, 5.74) is 9.07. The van der Waals surface area contributed by atoms with Crippen molar-refractivity contribution in [3.05, 3.63) is 46.5 Å². The lowest BCUT2D eigenvalue weighted by Gasteiger charge is -2.24. The lowest BCUT2D eigenvalue weighted by atomic mass is 9.83. The van der Waals surface area contributed by atoms with Crippen LogP contribution in [0, 0.1) is 11.3 Å². The highest BCUT2D eigenvalue weighted by Crippen LogP contribution is 2.44. The van der Waals surface area contributed by atoms with Crippen LogP contribution in [0.5, 0.6) is 17.4 Å². The second kappa shape index (κ2) is 8.70. The number of nitrogens with zero attached hydrogens (tertiary/aromatic N) is 2. The molecule has 0 radical (unpaired) electrons. The first-order chi connectivity index (χ1) is 13.6. The Hall–Kier alpha value is -3.14. The predicted molar refractivity (Wildman–Crippen MR) is 105 cm³/mol.